The summed E-state index contributed by atoms with van der Waals surface area (Å²) < 4.78 is 11.3. The first-order valence-electron chi connectivity index (χ1n) is 8.09. The van der Waals surface area contributed by atoms with Gasteiger partial charge in [-0.1, -0.05) is 18.2 Å². The van der Waals surface area contributed by atoms with Gasteiger partial charge in [0, 0.05) is 18.2 Å². The fraction of sp³-hybridized carbons (Fsp3) is 0.611. The maximum absolute atomic E-state index is 11.7. The van der Waals surface area contributed by atoms with E-state index in [4.69, 9.17) is 9.47 Å². The number of hydrogen-bond acceptors (Lipinski definition) is 4. The minimum atomic E-state index is -0.485. The highest BCUT2D eigenvalue weighted by atomic mass is 16.6. The number of nitrogens with one attached hydrogen (secondary N) is 2. The number of fused-ring (bicyclic) bond motifs is 1. The molecule has 0 fully saturated rings. The summed E-state index contributed by atoms with van der Waals surface area (Å²) in [6.07, 6.45) is -0.395. The summed E-state index contributed by atoms with van der Waals surface area (Å²) in [7, 11) is 0. The van der Waals surface area contributed by atoms with E-state index in [-0.39, 0.29) is 17.7 Å². The van der Waals surface area contributed by atoms with E-state index < -0.39 is 11.7 Å². The molecule has 1 heterocycles. The standard InChI is InChI=1S/C18H28N2O3/c1-12(11-19-16(21)23-17(2,3)4)20-15-13-9-7-8-10-14(13)22-18(15,5)6/h7-10,12,15,20H,11H2,1-6H3,(H,19,21). The molecule has 0 radical (unpaired) electrons. The van der Waals surface area contributed by atoms with Crippen LogP contribution in [0.4, 0.5) is 4.79 Å². The van der Waals surface area contributed by atoms with Gasteiger partial charge in [-0.15, -0.1) is 0 Å². The molecule has 5 heteroatoms. The van der Waals surface area contributed by atoms with E-state index in [1.807, 2.05) is 45.9 Å². The average Bonchev–Trinajstić information content (AvgIpc) is 2.66. The van der Waals surface area contributed by atoms with Crippen LogP contribution in [-0.2, 0) is 4.74 Å². The first-order chi connectivity index (χ1) is 10.6. The number of ether oxygens (including phenoxy) is 2. The van der Waals surface area contributed by atoms with Crippen molar-refractivity contribution < 1.29 is 14.3 Å². The topological polar surface area (TPSA) is 59.6 Å². The molecule has 23 heavy (non-hydrogen) atoms. The molecule has 128 valence electrons. The average molecular weight is 320 g/mol. The number of carbonyl (C=O) groups is 1. The van der Waals surface area contributed by atoms with Crippen LogP contribution in [0.5, 0.6) is 5.75 Å². The van der Waals surface area contributed by atoms with Crippen molar-refractivity contribution in [3.05, 3.63) is 29.8 Å². The smallest absolute Gasteiger partial charge is 0.407 e. The summed E-state index contributed by atoms with van der Waals surface area (Å²) in [5.41, 5.74) is 0.340. The van der Waals surface area contributed by atoms with Gasteiger partial charge in [0.2, 0.25) is 0 Å². The fourth-order valence-corrected chi connectivity index (χ4v) is 2.71. The van der Waals surface area contributed by atoms with Gasteiger partial charge in [0.25, 0.3) is 0 Å². The summed E-state index contributed by atoms with van der Waals surface area (Å²) >= 11 is 0. The summed E-state index contributed by atoms with van der Waals surface area (Å²) in [4.78, 5) is 11.7. The van der Waals surface area contributed by atoms with Crippen LogP contribution in [0.25, 0.3) is 0 Å². The number of benzene rings is 1. The van der Waals surface area contributed by atoms with E-state index in [1.165, 1.54) is 0 Å². The molecule has 0 spiro atoms. The number of para-hydroxylation sites is 1. The molecule has 0 aliphatic carbocycles. The lowest BCUT2D eigenvalue weighted by Gasteiger charge is -2.30. The lowest BCUT2D eigenvalue weighted by molar-refractivity contribution is 0.0518. The zero-order valence-corrected chi connectivity index (χ0v) is 14.9. The van der Waals surface area contributed by atoms with Gasteiger partial charge in [0.15, 0.2) is 0 Å². The highest BCUT2D eigenvalue weighted by Crippen LogP contribution is 2.42. The predicted octanol–water partition coefficient (Wildman–Crippen LogP) is 3.40. The van der Waals surface area contributed by atoms with E-state index in [0.717, 1.165) is 11.3 Å². The molecule has 2 rings (SSSR count). The monoisotopic (exact) mass is 320 g/mol. The van der Waals surface area contributed by atoms with Crippen LogP contribution >= 0.6 is 0 Å². The third-order valence-corrected chi connectivity index (χ3v) is 3.70. The summed E-state index contributed by atoms with van der Waals surface area (Å²) in [5.74, 6) is 0.919. The maximum atomic E-state index is 11.7. The second-order valence-corrected chi connectivity index (χ2v) is 7.63. The molecule has 0 aromatic heterocycles. The molecule has 2 N–H and O–H groups in total. The van der Waals surface area contributed by atoms with Gasteiger partial charge >= 0.3 is 6.09 Å². The van der Waals surface area contributed by atoms with Crippen molar-refractivity contribution in [2.75, 3.05) is 6.54 Å². The Morgan fingerprint density at radius 3 is 2.65 bits per heavy atom. The summed E-state index contributed by atoms with van der Waals surface area (Å²) in [6.45, 7) is 12.2. The third kappa shape index (κ3) is 4.61. The van der Waals surface area contributed by atoms with Crippen molar-refractivity contribution in [3.8, 4) is 5.75 Å². The van der Waals surface area contributed by atoms with Crippen molar-refractivity contribution in [1.82, 2.24) is 10.6 Å². The van der Waals surface area contributed by atoms with E-state index in [2.05, 4.69) is 30.5 Å². The molecule has 1 amide bonds. The zero-order valence-electron chi connectivity index (χ0n) is 14.9. The Hall–Kier alpha value is -1.75. The van der Waals surface area contributed by atoms with E-state index in [9.17, 15) is 4.79 Å². The molecule has 0 saturated carbocycles. The Bertz CT molecular complexity index is 564. The van der Waals surface area contributed by atoms with Gasteiger partial charge in [-0.05, 0) is 47.6 Å². The lowest BCUT2D eigenvalue weighted by Crippen LogP contribution is -2.47. The second-order valence-electron chi connectivity index (χ2n) is 7.63. The molecule has 1 aliphatic rings. The van der Waals surface area contributed by atoms with Crippen LogP contribution in [0.3, 0.4) is 0 Å². The predicted molar refractivity (Wildman–Crippen MR) is 90.7 cm³/mol. The van der Waals surface area contributed by atoms with Crippen LogP contribution in [0.2, 0.25) is 0 Å². The normalized spacial score (nSPS) is 20.3. The molecule has 0 bridgehead atoms. The van der Waals surface area contributed by atoms with Crippen molar-refractivity contribution in [1.29, 1.82) is 0 Å². The Morgan fingerprint density at radius 2 is 2.00 bits per heavy atom. The zero-order chi connectivity index (χ0) is 17.3. The largest absolute Gasteiger partial charge is 0.486 e. The molecule has 0 saturated heterocycles. The van der Waals surface area contributed by atoms with Crippen molar-refractivity contribution in [3.63, 3.8) is 0 Å². The lowest BCUT2D eigenvalue weighted by atomic mass is 9.94. The highest BCUT2D eigenvalue weighted by Gasteiger charge is 2.41. The van der Waals surface area contributed by atoms with Crippen LogP contribution in [-0.4, -0.2) is 29.9 Å². The Kier molecular flexibility index (Phi) is 4.90. The van der Waals surface area contributed by atoms with Gasteiger partial charge in [-0.2, -0.15) is 0 Å². The van der Waals surface area contributed by atoms with E-state index >= 15 is 0 Å². The van der Waals surface area contributed by atoms with Crippen LogP contribution in [0.15, 0.2) is 24.3 Å². The van der Waals surface area contributed by atoms with Gasteiger partial charge in [0.1, 0.15) is 17.0 Å². The van der Waals surface area contributed by atoms with Crippen LogP contribution in [0, 0.1) is 0 Å². The summed E-state index contributed by atoms with van der Waals surface area (Å²) in [6, 6.07) is 8.22. The molecular weight excluding hydrogens is 292 g/mol. The SMILES string of the molecule is CC(CNC(=O)OC(C)(C)C)NC1c2ccccc2OC1(C)C. The number of amides is 1. The number of rotatable bonds is 4. The number of hydrogen-bond donors (Lipinski definition) is 2. The number of carbonyl (C=O) groups excluding carboxylic acids is 1. The van der Waals surface area contributed by atoms with Gasteiger partial charge in [-0.25, -0.2) is 4.79 Å². The molecule has 2 unspecified atom stereocenters. The Morgan fingerprint density at radius 1 is 1.35 bits per heavy atom. The maximum Gasteiger partial charge on any atom is 0.407 e. The molecule has 1 aromatic rings. The molecular formula is C18H28N2O3. The quantitative estimate of drug-likeness (QED) is 0.892. The summed E-state index contributed by atoms with van der Waals surface area (Å²) in [5, 5.41) is 6.35. The highest BCUT2D eigenvalue weighted by molar-refractivity contribution is 5.67. The van der Waals surface area contributed by atoms with Crippen LogP contribution < -0.4 is 15.4 Å². The van der Waals surface area contributed by atoms with Crippen molar-refractivity contribution in [2.24, 2.45) is 0 Å². The third-order valence-electron chi connectivity index (χ3n) is 3.70. The van der Waals surface area contributed by atoms with Crippen molar-refractivity contribution >= 4 is 6.09 Å². The molecule has 1 aliphatic heterocycles. The fourth-order valence-electron chi connectivity index (χ4n) is 2.71. The minimum Gasteiger partial charge on any atom is -0.486 e. The van der Waals surface area contributed by atoms with E-state index in [1.54, 1.807) is 0 Å². The first kappa shape index (κ1) is 17.6. The molecule has 5 nitrogen and oxygen atoms in total. The Balaban J connectivity index is 1.92. The van der Waals surface area contributed by atoms with Gasteiger partial charge in [-0.3, -0.25) is 0 Å². The van der Waals surface area contributed by atoms with Crippen molar-refractivity contribution in [2.45, 2.75) is 64.8 Å². The molecule has 2 atom stereocenters. The minimum absolute atomic E-state index is 0.0779. The first-order valence-corrected chi connectivity index (χ1v) is 8.09. The molecule has 1 aromatic carbocycles. The van der Waals surface area contributed by atoms with Gasteiger partial charge in [0.05, 0.1) is 6.04 Å². The number of alkyl carbamates (subject to hydrolysis) is 1. The second kappa shape index (κ2) is 6.40. The Labute approximate surface area is 138 Å². The van der Waals surface area contributed by atoms with Gasteiger partial charge < -0.3 is 20.1 Å². The van der Waals surface area contributed by atoms with E-state index in [0.29, 0.717) is 6.54 Å². The van der Waals surface area contributed by atoms with Crippen LogP contribution in [0.1, 0.15) is 53.1 Å².